The molecule has 2 aromatic rings. The van der Waals surface area contributed by atoms with Gasteiger partial charge in [-0.1, -0.05) is 25.1 Å². The lowest BCUT2D eigenvalue weighted by molar-refractivity contribution is -0.0489. The third kappa shape index (κ3) is 2.63. The van der Waals surface area contributed by atoms with Crippen molar-refractivity contribution >= 4 is 21.4 Å². The molecular formula is C18H23NOS. The minimum atomic E-state index is 0.229. The summed E-state index contributed by atoms with van der Waals surface area (Å²) in [7, 11) is 0. The number of morpholine rings is 1. The van der Waals surface area contributed by atoms with Gasteiger partial charge in [0.2, 0.25) is 0 Å². The maximum atomic E-state index is 6.27. The summed E-state index contributed by atoms with van der Waals surface area (Å²) in [4.78, 5) is 1.36. The predicted molar refractivity (Wildman–Crippen MR) is 88.9 cm³/mol. The van der Waals surface area contributed by atoms with Gasteiger partial charge in [-0.05, 0) is 49.1 Å². The highest BCUT2D eigenvalue weighted by molar-refractivity contribution is 7.19. The van der Waals surface area contributed by atoms with Gasteiger partial charge in [0.05, 0.1) is 6.61 Å². The summed E-state index contributed by atoms with van der Waals surface area (Å²) < 4.78 is 7.63. The van der Waals surface area contributed by atoms with Crippen LogP contribution in [0.2, 0.25) is 0 Å². The molecule has 1 aromatic carbocycles. The van der Waals surface area contributed by atoms with E-state index in [4.69, 9.17) is 4.74 Å². The highest BCUT2D eigenvalue weighted by Gasteiger charge is 2.38. The summed E-state index contributed by atoms with van der Waals surface area (Å²) in [5.74, 6) is 0.887. The Morgan fingerprint density at radius 1 is 1.24 bits per heavy atom. The minimum absolute atomic E-state index is 0.229. The standard InChI is InChI=1S/C18H23NOS/c1-13-6-8-18(9-7-13)12-20-15(11-19-18)17-10-14-4-2-3-5-16(14)21-17/h2-5,10,13,15,19H,6-9,11-12H2,1H3. The number of thiophene rings is 1. The molecule has 2 heterocycles. The zero-order chi connectivity index (χ0) is 14.3. The fourth-order valence-corrected chi connectivity index (χ4v) is 4.77. The maximum Gasteiger partial charge on any atom is 0.104 e. The summed E-state index contributed by atoms with van der Waals surface area (Å²) >= 11 is 1.87. The molecule has 1 aliphatic carbocycles. The van der Waals surface area contributed by atoms with E-state index in [1.165, 1.54) is 40.6 Å². The molecule has 1 saturated heterocycles. The number of hydrogen-bond donors (Lipinski definition) is 1. The fourth-order valence-electron chi connectivity index (χ4n) is 3.66. The topological polar surface area (TPSA) is 21.3 Å². The smallest absolute Gasteiger partial charge is 0.104 e. The second-order valence-electron chi connectivity index (χ2n) is 6.83. The van der Waals surface area contributed by atoms with Gasteiger partial charge in [0.1, 0.15) is 6.10 Å². The van der Waals surface area contributed by atoms with Crippen LogP contribution in [0.1, 0.15) is 43.6 Å². The van der Waals surface area contributed by atoms with Crippen LogP contribution in [-0.4, -0.2) is 18.7 Å². The van der Waals surface area contributed by atoms with Crippen molar-refractivity contribution in [3.8, 4) is 0 Å². The third-order valence-corrected chi connectivity index (χ3v) is 6.42. The summed E-state index contributed by atoms with van der Waals surface area (Å²) in [6.45, 7) is 4.20. The van der Waals surface area contributed by atoms with Crippen LogP contribution in [0.3, 0.4) is 0 Å². The third-order valence-electron chi connectivity index (χ3n) is 5.22. The summed E-state index contributed by atoms with van der Waals surface area (Å²) in [6, 6.07) is 10.9. The molecular weight excluding hydrogens is 278 g/mol. The van der Waals surface area contributed by atoms with Crippen LogP contribution in [0.5, 0.6) is 0 Å². The number of rotatable bonds is 1. The van der Waals surface area contributed by atoms with E-state index in [0.717, 1.165) is 19.1 Å². The van der Waals surface area contributed by atoms with Crippen LogP contribution < -0.4 is 5.32 Å². The second kappa shape index (κ2) is 5.38. The molecule has 112 valence electrons. The molecule has 1 atom stereocenters. The summed E-state index contributed by atoms with van der Waals surface area (Å²) in [5, 5.41) is 5.17. The Labute approximate surface area is 130 Å². The van der Waals surface area contributed by atoms with Gasteiger partial charge in [-0.3, -0.25) is 0 Å². The lowest BCUT2D eigenvalue weighted by Gasteiger charge is -2.45. The Morgan fingerprint density at radius 3 is 2.76 bits per heavy atom. The molecule has 4 rings (SSSR count). The molecule has 0 bridgehead atoms. The number of fused-ring (bicyclic) bond motifs is 1. The molecule has 0 radical (unpaired) electrons. The van der Waals surface area contributed by atoms with Crippen LogP contribution in [0, 0.1) is 5.92 Å². The molecule has 1 N–H and O–H groups in total. The van der Waals surface area contributed by atoms with Crippen molar-refractivity contribution < 1.29 is 4.74 Å². The number of benzene rings is 1. The molecule has 1 aromatic heterocycles. The van der Waals surface area contributed by atoms with Crippen molar-refractivity contribution in [2.75, 3.05) is 13.2 Å². The van der Waals surface area contributed by atoms with Gasteiger partial charge in [0.25, 0.3) is 0 Å². The number of ether oxygens (including phenoxy) is 1. The van der Waals surface area contributed by atoms with Gasteiger partial charge in [-0.2, -0.15) is 0 Å². The summed E-state index contributed by atoms with van der Waals surface area (Å²) in [5.41, 5.74) is 0.264. The van der Waals surface area contributed by atoms with Gasteiger partial charge in [-0.15, -0.1) is 11.3 Å². The number of hydrogen-bond acceptors (Lipinski definition) is 3. The van der Waals surface area contributed by atoms with Crippen molar-refractivity contribution in [2.45, 2.75) is 44.2 Å². The first kappa shape index (κ1) is 13.7. The van der Waals surface area contributed by atoms with Crippen molar-refractivity contribution in [3.05, 3.63) is 35.2 Å². The molecule has 1 aliphatic heterocycles. The first-order valence-corrected chi connectivity index (χ1v) is 8.91. The van der Waals surface area contributed by atoms with Crippen molar-refractivity contribution in [2.24, 2.45) is 5.92 Å². The first-order valence-electron chi connectivity index (χ1n) is 8.09. The molecule has 2 nitrogen and oxygen atoms in total. The monoisotopic (exact) mass is 301 g/mol. The molecule has 0 amide bonds. The number of nitrogens with one attached hydrogen (secondary N) is 1. The second-order valence-corrected chi connectivity index (χ2v) is 7.95. The molecule has 21 heavy (non-hydrogen) atoms. The van der Waals surface area contributed by atoms with Crippen molar-refractivity contribution in [1.82, 2.24) is 5.32 Å². The van der Waals surface area contributed by atoms with Gasteiger partial charge >= 0.3 is 0 Å². The Kier molecular flexibility index (Phi) is 3.52. The SMILES string of the molecule is CC1CCC2(CC1)COC(c1cc3ccccc3s1)CN2. The molecule has 2 aliphatic rings. The van der Waals surface area contributed by atoms with Crippen LogP contribution in [0.15, 0.2) is 30.3 Å². The molecule has 1 saturated carbocycles. The Balaban J connectivity index is 1.47. The molecule has 2 fully saturated rings. The lowest BCUT2D eigenvalue weighted by atomic mass is 9.77. The van der Waals surface area contributed by atoms with Crippen LogP contribution in [0.4, 0.5) is 0 Å². The zero-order valence-electron chi connectivity index (χ0n) is 12.6. The lowest BCUT2D eigenvalue weighted by Crippen LogP contribution is -2.56. The van der Waals surface area contributed by atoms with E-state index in [1.807, 2.05) is 11.3 Å². The normalized spacial score (nSPS) is 33.6. The minimum Gasteiger partial charge on any atom is -0.369 e. The fraction of sp³-hybridized carbons (Fsp3) is 0.556. The zero-order valence-corrected chi connectivity index (χ0v) is 13.4. The largest absolute Gasteiger partial charge is 0.369 e. The van der Waals surface area contributed by atoms with Crippen molar-refractivity contribution in [1.29, 1.82) is 0 Å². The highest BCUT2D eigenvalue weighted by atomic mass is 32.1. The van der Waals surface area contributed by atoms with E-state index < -0.39 is 0 Å². The van der Waals surface area contributed by atoms with Gasteiger partial charge in [0.15, 0.2) is 0 Å². The first-order chi connectivity index (χ1) is 10.2. The van der Waals surface area contributed by atoms with Crippen LogP contribution >= 0.6 is 11.3 Å². The van der Waals surface area contributed by atoms with Gasteiger partial charge < -0.3 is 10.1 Å². The van der Waals surface area contributed by atoms with E-state index >= 15 is 0 Å². The Hall–Kier alpha value is -0.900. The average molecular weight is 301 g/mol. The molecule has 3 heteroatoms. The Bertz CT molecular complexity index is 584. The molecule has 1 unspecified atom stereocenters. The van der Waals surface area contributed by atoms with Crippen molar-refractivity contribution in [3.63, 3.8) is 0 Å². The van der Waals surface area contributed by atoms with Gasteiger partial charge in [-0.25, -0.2) is 0 Å². The predicted octanol–water partition coefficient (Wildman–Crippen LogP) is 4.51. The van der Waals surface area contributed by atoms with E-state index in [0.29, 0.717) is 0 Å². The Morgan fingerprint density at radius 2 is 2.05 bits per heavy atom. The highest BCUT2D eigenvalue weighted by Crippen LogP contribution is 2.38. The van der Waals surface area contributed by atoms with E-state index in [1.54, 1.807) is 0 Å². The van der Waals surface area contributed by atoms with Crippen LogP contribution in [0.25, 0.3) is 10.1 Å². The van der Waals surface area contributed by atoms with E-state index in [9.17, 15) is 0 Å². The quantitative estimate of drug-likeness (QED) is 0.836. The van der Waals surface area contributed by atoms with E-state index in [2.05, 4.69) is 42.6 Å². The maximum absolute atomic E-state index is 6.27. The van der Waals surface area contributed by atoms with E-state index in [-0.39, 0.29) is 11.6 Å². The average Bonchev–Trinajstić information content (AvgIpc) is 2.95. The summed E-state index contributed by atoms with van der Waals surface area (Å²) in [6.07, 6.45) is 5.45. The van der Waals surface area contributed by atoms with Crippen LogP contribution in [-0.2, 0) is 4.74 Å². The molecule has 1 spiro atoms. The van der Waals surface area contributed by atoms with Gasteiger partial charge in [0, 0.05) is 21.7 Å².